The molecule has 0 aromatic heterocycles. The molecule has 2 aliphatic rings. The van der Waals surface area contributed by atoms with Crippen molar-refractivity contribution in [1.29, 1.82) is 0 Å². The van der Waals surface area contributed by atoms with Crippen LogP contribution in [0.1, 0.15) is 24.8 Å². The molecule has 1 aromatic rings. The zero-order valence-corrected chi connectivity index (χ0v) is 11.8. The number of methoxy groups -OCH3 is 1. The number of fused-ring (bicyclic) bond motifs is 1. The second kappa shape index (κ2) is 6.33. The van der Waals surface area contributed by atoms with Crippen molar-refractivity contribution in [2.45, 2.75) is 31.9 Å². The Morgan fingerprint density at radius 2 is 2.25 bits per heavy atom. The lowest BCUT2D eigenvalue weighted by atomic mass is 10.1. The Morgan fingerprint density at radius 3 is 3.05 bits per heavy atom. The Balaban J connectivity index is 1.57. The normalized spacial score (nSPS) is 20.9. The van der Waals surface area contributed by atoms with Crippen molar-refractivity contribution in [2.24, 2.45) is 0 Å². The minimum absolute atomic E-state index is 0.262. The summed E-state index contributed by atoms with van der Waals surface area (Å²) in [6.45, 7) is 2.81. The maximum Gasteiger partial charge on any atom is 0.231 e. The number of nitrogens with one attached hydrogen (secondary N) is 1. The van der Waals surface area contributed by atoms with Crippen molar-refractivity contribution in [3.05, 3.63) is 17.7 Å². The van der Waals surface area contributed by atoms with Crippen LogP contribution in [0, 0.1) is 0 Å². The Labute approximate surface area is 119 Å². The molecule has 1 saturated heterocycles. The summed E-state index contributed by atoms with van der Waals surface area (Å²) in [4.78, 5) is 0. The van der Waals surface area contributed by atoms with E-state index < -0.39 is 0 Å². The number of hydrogen-bond donors (Lipinski definition) is 1. The van der Waals surface area contributed by atoms with Gasteiger partial charge >= 0.3 is 0 Å². The Morgan fingerprint density at radius 1 is 1.30 bits per heavy atom. The summed E-state index contributed by atoms with van der Waals surface area (Å²) >= 11 is 0. The second-order valence-electron chi connectivity index (χ2n) is 5.15. The molecular formula is C15H21NO4. The third-order valence-corrected chi connectivity index (χ3v) is 3.69. The van der Waals surface area contributed by atoms with Gasteiger partial charge in [0.15, 0.2) is 11.5 Å². The van der Waals surface area contributed by atoms with E-state index in [2.05, 4.69) is 5.32 Å². The third kappa shape index (κ3) is 2.99. The minimum atomic E-state index is 0.262. The first-order chi connectivity index (χ1) is 9.86. The molecular weight excluding hydrogens is 258 g/mol. The predicted octanol–water partition coefficient (Wildman–Crippen LogP) is 2.08. The number of rotatable bonds is 5. The van der Waals surface area contributed by atoms with Gasteiger partial charge in [-0.2, -0.15) is 0 Å². The number of benzene rings is 1. The van der Waals surface area contributed by atoms with Gasteiger partial charge in [0.2, 0.25) is 12.5 Å². The van der Waals surface area contributed by atoms with Gasteiger partial charge in [0.25, 0.3) is 0 Å². The van der Waals surface area contributed by atoms with Crippen LogP contribution < -0.4 is 19.5 Å². The standard InChI is InChI=1S/C15H21NO4/c1-17-13-6-11(7-14-15(13)20-10-19-14)8-16-9-12-4-2-3-5-18-12/h6-7,12,16H,2-5,8-10H2,1H3. The number of ether oxygens (including phenoxy) is 4. The van der Waals surface area contributed by atoms with Crippen LogP contribution in [0.3, 0.4) is 0 Å². The van der Waals surface area contributed by atoms with Crippen molar-refractivity contribution in [2.75, 3.05) is 27.1 Å². The first-order valence-corrected chi connectivity index (χ1v) is 7.15. The molecule has 1 aromatic carbocycles. The van der Waals surface area contributed by atoms with Gasteiger partial charge in [-0.15, -0.1) is 0 Å². The zero-order valence-electron chi connectivity index (χ0n) is 11.8. The van der Waals surface area contributed by atoms with E-state index in [1.165, 1.54) is 12.8 Å². The molecule has 1 N–H and O–H groups in total. The first-order valence-electron chi connectivity index (χ1n) is 7.15. The molecule has 0 spiro atoms. The second-order valence-corrected chi connectivity index (χ2v) is 5.15. The van der Waals surface area contributed by atoms with E-state index in [0.717, 1.165) is 43.2 Å². The fraction of sp³-hybridized carbons (Fsp3) is 0.600. The highest BCUT2D eigenvalue weighted by atomic mass is 16.7. The van der Waals surface area contributed by atoms with Gasteiger partial charge in [-0.3, -0.25) is 0 Å². The van der Waals surface area contributed by atoms with E-state index in [-0.39, 0.29) is 6.79 Å². The molecule has 1 atom stereocenters. The summed E-state index contributed by atoms with van der Waals surface area (Å²) in [6.07, 6.45) is 3.96. The smallest absolute Gasteiger partial charge is 0.231 e. The molecule has 1 unspecified atom stereocenters. The SMILES string of the molecule is COc1cc(CNCC2CCCCO2)cc2c1OCO2. The average Bonchev–Trinajstić information content (AvgIpc) is 2.96. The van der Waals surface area contributed by atoms with Crippen LogP contribution in [-0.4, -0.2) is 33.2 Å². The van der Waals surface area contributed by atoms with Crippen molar-refractivity contribution in [3.8, 4) is 17.2 Å². The van der Waals surface area contributed by atoms with Crippen LogP contribution in [0.4, 0.5) is 0 Å². The Kier molecular flexibility index (Phi) is 4.28. The number of hydrogen-bond acceptors (Lipinski definition) is 5. The zero-order chi connectivity index (χ0) is 13.8. The highest BCUT2D eigenvalue weighted by molar-refractivity contribution is 5.55. The fourth-order valence-corrected chi connectivity index (χ4v) is 2.63. The highest BCUT2D eigenvalue weighted by Gasteiger charge is 2.20. The van der Waals surface area contributed by atoms with Crippen LogP contribution >= 0.6 is 0 Å². The van der Waals surface area contributed by atoms with Crippen LogP contribution in [0.5, 0.6) is 17.2 Å². The Hall–Kier alpha value is -1.46. The van der Waals surface area contributed by atoms with Gasteiger partial charge in [-0.1, -0.05) is 0 Å². The lowest BCUT2D eigenvalue weighted by Gasteiger charge is -2.22. The van der Waals surface area contributed by atoms with Crippen LogP contribution in [-0.2, 0) is 11.3 Å². The van der Waals surface area contributed by atoms with Crippen molar-refractivity contribution in [3.63, 3.8) is 0 Å². The van der Waals surface area contributed by atoms with Crippen molar-refractivity contribution < 1.29 is 18.9 Å². The molecule has 3 rings (SSSR count). The molecule has 2 aliphatic heterocycles. The third-order valence-electron chi connectivity index (χ3n) is 3.69. The summed E-state index contributed by atoms with van der Waals surface area (Å²) < 4.78 is 21.9. The van der Waals surface area contributed by atoms with Crippen LogP contribution in [0.2, 0.25) is 0 Å². The van der Waals surface area contributed by atoms with E-state index in [1.807, 2.05) is 12.1 Å². The molecule has 5 nitrogen and oxygen atoms in total. The summed E-state index contributed by atoms with van der Waals surface area (Å²) in [5.41, 5.74) is 1.13. The molecule has 110 valence electrons. The topological polar surface area (TPSA) is 49.0 Å². The summed E-state index contributed by atoms with van der Waals surface area (Å²) in [5.74, 6) is 2.19. The van der Waals surface area contributed by atoms with Gasteiger partial charge in [0.1, 0.15) is 0 Å². The molecule has 0 radical (unpaired) electrons. The molecule has 0 amide bonds. The van der Waals surface area contributed by atoms with E-state index in [1.54, 1.807) is 7.11 Å². The van der Waals surface area contributed by atoms with E-state index >= 15 is 0 Å². The summed E-state index contributed by atoms with van der Waals surface area (Å²) in [6, 6.07) is 3.99. The average molecular weight is 279 g/mol. The maximum atomic E-state index is 5.70. The largest absolute Gasteiger partial charge is 0.493 e. The molecule has 0 saturated carbocycles. The Bertz CT molecular complexity index is 457. The van der Waals surface area contributed by atoms with Gasteiger partial charge < -0.3 is 24.3 Å². The van der Waals surface area contributed by atoms with Crippen LogP contribution in [0.15, 0.2) is 12.1 Å². The van der Waals surface area contributed by atoms with Crippen molar-refractivity contribution in [1.82, 2.24) is 5.32 Å². The van der Waals surface area contributed by atoms with Crippen molar-refractivity contribution >= 4 is 0 Å². The molecule has 5 heteroatoms. The fourth-order valence-electron chi connectivity index (χ4n) is 2.63. The quantitative estimate of drug-likeness (QED) is 0.894. The van der Waals surface area contributed by atoms with E-state index in [9.17, 15) is 0 Å². The summed E-state index contributed by atoms with van der Waals surface area (Å²) in [5, 5.41) is 3.44. The lowest BCUT2D eigenvalue weighted by Crippen LogP contribution is -2.31. The van der Waals surface area contributed by atoms with Gasteiger partial charge in [0.05, 0.1) is 13.2 Å². The first kappa shape index (κ1) is 13.5. The van der Waals surface area contributed by atoms with Crippen LogP contribution in [0.25, 0.3) is 0 Å². The van der Waals surface area contributed by atoms with E-state index in [0.29, 0.717) is 11.9 Å². The molecule has 0 aliphatic carbocycles. The van der Waals surface area contributed by atoms with Gasteiger partial charge in [-0.25, -0.2) is 0 Å². The molecule has 0 bridgehead atoms. The predicted molar refractivity (Wildman–Crippen MR) is 74.4 cm³/mol. The summed E-state index contributed by atoms with van der Waals surface area (Å²) in [7, 11) is 1.64. The lowest BCUT2D eigenvalue weighted by molar-refractivity contribution is 0.0168. The maximum absolute atomic E-state index is 5.70. The van der Waals surface area contributed by atoms with Gasteiger partial charge in [0, 0.05) is 19.7 Å². The minimum Gasteiger partial charge on any atom is -0.493 e. The molecule has 1 fully saturated rings. The monoisotopic (exact) mass is 279 g/mol. The highest BCUT2D eigenvalue weighted by Crippen LogP contribution is 2.41. The van der Waals surface area contributed by atoms with E-state index in [4.69, 9.17) is 18.9 Å². The van der Waals surface area contributed by atoms with Gasteiger partial charge in [-0.05, 0) is 37.0 Å². The molecule has 20 heavy (non-hydrogen) atoms. The molecule has 2 heterocycles.